The lowest BCUT2D eigenvalue weighted by Crippen LogP contribution is -2.46. The molecule has 27 nitrogen and oxygen atoms in total. The number of nitrogens with two attached hydrogens (primary N) is 1. The number of phosphoric acid groups is 3. The minimum absolute atomic E-state index is 0.0131. The van der Waals surface area contributed by atoms with Crippen LogP contribution in [0, 0.1) is 5.41 Å². The zero-order valence-corrected chi connectivity index (χ0v) is 37.4. The van der Waals surface area contributed by atoms with E-state index in [1.165, 1.54) is 38.1 Å². The predicted octanol–water partition coefficient (Wildman–Crippen LogP) is 0.762. The first-order valence-electron chi connectivity index (χ1n) is 18.7. The summed E-state index contributed by atoms with van der Waals surface area (Å²) >= 11 is 0.752. The highest BCUT2D eigenvalue weighted by Crippen LogP contribution is 2.61. The molecule has 4 aromatic rings. The van der Waals surface area contributed by atoms with Gasteiger partial charge in [0.25, 0.3) is 0 Å². The quantitative estimate of drug-likeness (QED) is 0.0405. The van der Waals surface area contributed by atoms with E-state index in [4.69, 9.17) is 19.5 Å². The molecule has 2 amide bonds. The van der Waals surface area contributed by atoms with Crippen molar-refractivity contribution in [1.29, 1.82) is 0 Å². The number of benzene rings is 2. The number of carbonyl (C=O) groups excluding carboxylic acids is 3. The number of fused-ring (bicyclic) bond motifs is 1. The fourth-order valence-corrected chi connectivity index (χ4v) is 9.65. The van der Waals surface area contributed by atoms with Crippen LogP contribution in [0.3, 0.4) is 0 Å². The normalized spacial score (nSPS) is 20.2. The van der Waals surface area contributed by atoms with Crippen molar-refractivity contribution in [2.24, 2.45) is 5.41 Å². The number of carbonyl (C=O) groups is 3. The first-order valence-corrected chi connectivity index (χ1v) is 24.2. The van der Waals surface area contributed by atoms with Gasteiger partial charge in [0.2, 0.25) is 16.9 Å². The molecule has 0 spiro atoms. The summed E-state index contributed by atoms with van der Waals surface area (Å²) in [6.07, 6.45) is -7.23. The van der Waals surface area contributed by atoms with Crippen LogP contribution in [-0.2, 0) is 45.9 Å². The topological polar surface area (TPSA) is 424 Å². The predicted molar refractivity (Wildman–Crippen MR) is 223 cm³/mol. The van der Waals surface area contributed by atoms with E-state index in [0.717, 1.165) is 35.0 Å². The minimum Gasteiger partial charge on any atom is -0.508 e. The maximum atomic E-state index is 13.0. The molecule has 65 heavy (non-hydrogen) atoms. The van der Waals surface area contributed by atoms with Crippen molar-refractivity contribution in [2.45, 2.75) is 50.9 Å². The number of anilines is 1. The molecule has 356 valence electrons. The summed E-state index contributed by atoms with van der Waals surface area (Å²) in [5.74, 6) is -2.54. The number of nitrogens with zero attached hydrogens (tertiary/aromatic N) is 4. The van der Waals surface area contributed by atoms with Crippen LogP contribution in [0.15, 0.2) is 49.1 Å². The van der Waals surface area contributed by atoms with E-state index in [-0.39, 0.29) is 64.9 Å². The number of phosphoric ester groups is 3. The number of rotatable bonds is 21. The fraction of sp³-hybridized carbons (Fsp3) is 0.412. The number of aliphatic hydroxyl groups excluding tert-OH is 2. The maximum Gasteiger partial charge on any atom is 0.481 e. The third-order valence-electron chi connectivity index (χ3n) is 9.20. The van der Waals surface area contributed by atoms with E-state index < -0.39 is 95.4 Å². The molecule has 31 heteroatoms. The number of imidazole rings is 1. The van der Waals surface area contributed by atoms with E-state index in [1.807, 2.05) is 0 Å². The molecule has 1 saturated heterocycles. The standard InChI is InChI=1S/C34H44N7O20P3S/c1-34(2,28(47)31(48)37-7-6-23(45)36-8-9-65-33(49)24-20(11-19(43)12-21(24)44)17-4-3-5-18(42)10-17)14-58-64(55,56)61-63(53,54)57-13-22-27(60-62(50,51)52)26(46)32(59-22)41-16-40-25-29(35)38-15-39-30(25)41/h3-5,10-12,15-16,22,26-28,32,42-44,46-47H,6-9,13-14H2,1-2H3,(H,36,45)(H,37,48)(H,53,54)(H,55,56)(H2,35,38,39)(H2,50,51,52)/t22-,26-,27-,28?,32-/m1/s1. The minimum atomic E-state index is -5.62. The number of aliphatic hydroxyl groups is 2. The molecule has 13 N–H and O–H groups in total. The lowest BCUT2D eigenvalue weighted by molar-refractivity contribution is -0.137. The summed E-state index contributed by atoms with van der Waals surface area (Å²) in [6, 6.07) is 8.07. The van der Waals surface area contributed by atoms with E-state index in [2.05, 4.69) is 34.4 Å². The van der Waals surface area contributed by atoms with Crippen LogP contribution in [0.5, 0.6) is 17.2 Å². The SMILES string of the molecule is CC(C)(COP(=O)(O)OP(=O)(O)OC[C@H]1O[C@@H](n2cnc3c(N)ncnc32)[C@H](O)[C@@H]1OP(=O)(O)O)C(O)C(=O)NCCC(=O)NCCSC(=O)c1c(O)cc(O)cc1-c1cccc(O)c1. The zero-order chi connectivity index (χ0) is 48.1. The number of amides is 2. The number of hydrogen-bond acceptors (Lipinski definition) is 21. The summed E-state index contributed by atoms with van der Waals surface area (Å²) in [7, 11) is -16.5. The lowest BCUT2D eigenvalue weighted by Gasteiger charge is -2.30. The van der Waals surface area contributed by atoms with Crippen molar-refractivity contribution in [2.75, 3.05) is 37.8 Å². The van der Waals surface area contributed by atoms with Gasteiger partial charge in [-0.25, -0.2) is 28.6 Å². The van der Waals surface area contributed by atoms with Gasteiger partial charge >= 0.3 is 23.5 Å². The van der Waals surface area contributed by atoms with Crippen LogP contribution in [0.2, 0.25) is 0 Å². The van der Waals surface area contributed by atoms with E-state index in [1.54, 1.807) is 6.07 Å². The Morgan fingerprint density at radius 1 is 0.969 bits per heavy atom. The summed E-state index contributed by atoms with van der Waals surface area (Å²) < 4.78 is 62.3. The molecule has 3 heterocycles. The number of aromatic hydroxyl groups is 3. The smallest absolute Gasteiger partial charge is 0.481 e. The van der Waals surface area contributed by atoms with Crippen LogP contribution in [-0.4, -0.2) is 138 Å². The molecule has 0 radical (unpaired) electrons. The van der Waals surface area contributed by atoms with Gasteiger partial charge in [0.15, 0.2) is 17.7 Å². The van der Waals surface area contributed by atoms with Crippen molar-refractivity contribution in [3.05, 3.63) is 54.6 Å². The molecule has 3 unspecified atom stereocenters. The fourth-order valence-electron chi connectivity index (χ4n) is 6.07. The van der Waals surface area contributed by atoms with Gasteiger partial charge in [0.05, 0.1) is 25.1 Å². The molecule has 7 atom stereocenters. The third-order valence-corrected chi connectivity index (χ3v) is 13.2. The average molecular weight is 996 g/mol. The molecule has 5 rings (SSSR count). The van der Waals surface area contributed by atoms with Crippen LogP contribution in [0.1, 0.15) is 36.9 Å². The molecule has 2 aromatic heterocycles. The Morgan fingerprint density at radius 2 is 1.68 bits per heavy atom. The molecule has 0 aliphatic carbocycles. The van der Waals surface area contributed by atoms with E-state index in [9.17, 15) is 73.2 Å². The Kier molecular flexibility index (Phi) is 16.5. The lowest BCUT2D eigenvalue weighted by atomic mass is 9.87. The first-order chi connectivity index (χ1) is 30.3. The van der Waals surface area contributed by atoms with Gasteiger partial charge in [-0.3, -0.25) is 32.5 Å². The molecular formula is C34H44N7O20P3S. The molecule has 1 fully saturated rings. The second-order valence-electron chi connectivity index (χ2n) is 14.6. The molecule has 1 aliphatic rings. The summed E-state index contributed by atoms with van der Waals surface area (Å²) in [5, 5.41) is 56.1. The highest BCUT2D eigenvalue weighted by molar-refractivity contribution is 8.14. The number of ether oxygens (including phenoxy) is 1. The van der Waals surface area contributed by atoms with Crippen LogP contribution in [0.25, 0.3) is 22.3 Å². The molecule has 0 bridgehead atoms. The highest BCUT2D eigenvalue weighted by Gasteiger charge is 2.50. The van der Waals surface area contributed by atoms with Crippen molar-refractivity contribution in [1.82, 2.24) is 30.2 Å². The number of aromatic nitrogens is 4. The summed E-state index contributed by atoms with van der Waals surface area (Å²) in [5.41, 5.74) is 4.56. The van der Waals surface area contributed by atoms with Gasteiger partial charge in [-0.1, -0.05) is 37.7 Å². The number of hydrogen-bond donors (Lipinski definition) is 12. The second-order valence-corrected chi connectivity index (χ2v) is 19.9. The monoisotopic (exact) mass is 995 g/mol. The van der Waals surface area contributed by atoms with Gasteiger partial charge in [-0.15, -0.1) is 0 Å². The second kappa shape index (κ2) is 20.9. The largest absolute Gasteiger partial charge is 0.508 e. The number of nitrogens with one attached hydrogen (secondary N) is 2. The Hall–Kier alpha value is -4.60. The van der Waals surface area contributed by atoms with Gasteiger partial charge in [-0.2, -0.15) is 4.31 Å². The number of phenolic OH excluding ortho intramolecular Hbond substituents is 3. The first kappa shape index (κ1) is 51.4. The molecular weight excluding hydrogens is 951 g/mol. The number of thioether (sulfide) groups is 1. The van der Waals surface area contributed by atoms with Crippen LogP contribution >= 0.6 is 35.2 Å². The Bertz CT molecular complexity index is 2550. The number of phenols is 3. The molecule has 1 aliphatic heterocycles. The third kappa shape index (κ3) is 13.7. The van der Waals surface area contributed by atoms with E-state index in [0.29, 0.717) is 5.56 Å². The van der Waals surface area contributed by atoms with Gasteiger partial charge in [0, 0.05) is 42.3 Å². The van der Waals surface area contributed by atoms with Crippen LogP contribution in [0.4, 0.5) is 5.82 Å². The van der Waals surface area contributed by atoms with Gasteiger partial charge < -0.3 is 66.2 Å². The molecule has 2 aromatic carbocycles. The van der Waals surface area contributed by atoms with Crippen molar-refractivity contribution in [3.63, 3.8) is 0 Å². The van der Waals surface area contributed by atoms with Crippen molar-refractivity contribution < 1.29 is 95.8 Å². The Balaban J connectivity index is 1.05. The van der Waals surface area contributed by atoms with E-state index >= 15 is 0 Å². The zero-order valence-electron chi connectivity index (χ0n) is 33.9. The van der Waals surface area contributed by atoms with Crippen molar-refractivity contribution in [3.8, 4) is 28.4 Å². The Labute approximate surface area is 371 Å². The van der Waals surface area contributed by atoms with Gasteiger partial charge in [0.1, 0.15) is 53.5 Å². The van der Waals surface area contributed by atoms with Crippen molar-refractivity contribution >= 4 is 69.1 Å². The highest BCUT2D eigenvalue weighted by atomic mass is 32.2. The molecule has 0 saturated carbocycles. The summed E-state index contributed by atoms with van der Waals surface area (Å²) in [6.45, 7) is 0.0159. The van der Waals surface area contributed by atoms with Crippen LogP contribution < -0.4 is 16.4 Å². The Morgan fingerprint density at radius 3 is 2.37 bits per heavy atom. The summed E-state index contributed by atoms with van der Waals surface area (Å²) in [4.78, 5) is 89.2. The maximum absolute atomic E-state index is 13.0. The average Bonchev–Trinajstić information content (AvgIpc) is 3.77. The number of nitrogen functional groups attached to an aromatic ring is 1. The van der Waals surface area contributed by atoms with Gasteiger partial charge in [-0.05, 0) is 23.8 Å².